The van der Waals surface area contributed by atoms with E-state index >= 15 is 0 Å². The predicted octanol–water partition coefficient (Wildman–Crippen LogP) is 1.35. The van der Waals surface area contributed by atoms with Gasteiger partial charge in [-0.15, -0.1) is 0 Å². The monoisotopic (exact) mass is 263 g/mol. The Morgan fingerprint density at radius 3 is 2.65 bits per heavy atom. The van der Waals surface area contributed by atoms with Crippen LogP contribution in [0.4, 0.5) is 0 Å². The lowest BCUT2D eigenvalue weighted by Gasteiger charge is -2.30. The average molecular weight is 263 g/mol. The third-order valence-electron chi connectivity index (χ3n) is 3.51. The van der Waals surface area contributed by atoms with Crippen molar-refractivity contribution in [3.8, 4) is 0 Å². The number of hydrogen-bond donors (Lipinski definition) is 1. The number of ether oxygens (including phenoxy) is 1. The van der Waals surface area contributed by atoms with E-state index in [2.05, 4.69) is 0 Å². The summed E-state index contributed by atoms with van der Waals surface area (Å²) in [6, 6.07) is 0. The van der Waals surface area contributed by atoms with Crippen molar-refractivity contribution in [3.63, 3.8) is 0 Å². The van der Waals surface area contributed by atoms with Crippen molar-refractivity contribution in [1.82, 2.24) is 0 Å². The molecule has 0 saturated heterocycles. The molecule has 102 valence electrons. The summed E-state index contributed by atoms with van der Waals surface area (Å²) in [5.74, 6) is 0.928. The maximum absolute atomic E-state index is 11.3. The Hall–Kier alpha value is -0.130. The van der Waals surface area contributed by atoms with Gasteiger partial charge in [0.2, 0.25) is 0 Å². The van der Waals surface area contributed by atoms with Gasteiger partial charge in [-0.05, 0) is 31.7 Å². The molecule has 0 aromatic rings. The molecule has 0 aromatic heterocycles. The van der Waals surface area contributed by atoms with Gasteiger partial charge in [-0.25, -0.2) is 8.42 Å². The van der Waals surface area contributed by atoms with Crippen molar-refractivity contribution in [3.05, 3.63) is 0 Å². The number of rotatable bonds is 7. The lowest BCUT2D eigenvalue weighted by Crippen LogP contribution is -2.33. The molecule has 1 fully saturated rings. The van der Waals surface area contributed by atoms with Gasteiger partial charge in [-0.1, -0.05) is 19.8 Å². The highest BCUT2D eigenvalue weighted by molar-refractivity contribution is 7.91. The smallest absolute Gasteiger partial charge is 0.150 e. The van der Waals surface area contributed by atoms with Crippen LogP contribution in [-0.2, 0) is 14.6 Å². The highest BCUT2D eigenvalue weighted by atomic mass is 32.2. The summed E-state index contributed by atoms with van der Waals surface area (Å²) in [5.41, 5.74) is 5.71. The van der Waals surface area contributed by atoms with Gasteiger partial charge in [0.1, 0.15) is 9.84 Å². The SMILES string of the molecule is CCS(=O)(=O)CCCOC1CCCCC1CN. The highest BCUT2D eigenvalue weighted by Crippen LogP contribution is 2.26. The first-order valence-electron chi connectivity index (χ1n) is 6.61. The summed E-state index contributed by atoms with van der Waals surface area (Å²) in [4.78, 5) is 0. The number of nitrogens with two attached hydrogens (primary N) is 1. The Bertz CT molecular complexity index is 303. The van der Waals surface area contributed by atoms with E-state index in [1.165, 1.54) is 12.8 Å². The van der Waals surface area contributed by atoms with Gasteiger partial charge in [0, 0.05) is 12.4 Å². The normalized spacial score (nSPS) is 26.0. The van der Waals surface area contributed by atoms with Crippen molar-refractivity contribution in [1.29, 1.82) is 0 Å². The standard InChI is InChI=1S/C12H25NO3S/c1-2-17(14,15)9-5-8-16-12-7-4-3-6-11(12)10-13/h11-12H,2-10,13H2,1H3. The quantitative estimate of drug-likeness (QED) is 0.704. The summed E-state index contributed by atoms with van der Waals surface area (Å²) < 4.78 is 28.4. The molecule has 5 heteroatoms. The van der Waals surface area contributed by atoms with Gasteiger partial charge in [-0.2, -0.15) is 0 Å². The molecule has 17 heavy (non-hydrogen) atoms. The van der Waals surface area contributed by atoms with E-state index in [4.69, 9.17) is 10.5 Å². The molecule has 1 saturated carbocycles. The van der Waals surface area contributed by atoms with E-state index < -0.39 is 9.84 Å². The molecule has 0 heterocycles. The number of sulfone groups is 1. The first-order chi connectivity index (χ1) is 8.09. The highest BCUT2D eigenvalue weighted by Gasteiger charge is 2.24. The van der Waals surface area contributed by atoms with Crippen molar-refractivity contribution in [2.24, 2.45) is 11.7 Å². The fraction of sp³-hybridized carbons (Fsp3) is 1.00. The minimum atomic E-state index is -2.85. The lowest BCUT2D eigenvalue weighted by molar-refractivity contribution is -0.00727. The maximum atomic E-state index is 11.3. The third-order valence-corrected chi connectivity index (χ3v) is 5.30. The van der Waals surface area contributed by atoms with Crippen LogP contribution in [0.25, 0.3) is 0 Å². The Morgan fingerprint density at radius 1 is 1.29 bits per heavy atom. The lowest BCUT2D eigenvalue weighted by atomic mass is 9.86. The maximum Gasteiger partial charge on any atom is 0.150 e. The molecule has 0 aliphatic heterocycles. The van der Waals surface area contributed by atoms with Crippen LogP contribution in [0.5, 0.6) is 0 Å². The molecule has 0 amide bonds. The first kappa shape index (κ1) is 14.9. The Morgan fingerprint density at radius 2 is 2.00 bits per heavy atom. The van der Waals surface area contributed by atoms with Gasteiger partial charge in [0.15, 0.2) is 0 Å². The van der Waals surface area contributed by atoms with Crippen molar-refractivity contribution in [2.45, 2.75) is 45.1 Å². The molecule has 2 unspecified atom stereocenters. The van der Waals surface area contributed by atoms with Crippen molar-refractivity contribution < 1.29 is 13.2 Å². The zero-order chi connectivity index (χ0) is 12.7. The van der Waals surface area contributed by atoms with Crippen LogP contribution in [0.1, 0.15) is 39.0 Å². The van der Waals surface area contributed by atoms with Crippen molar-refractivity contribution >= 4 is 9.84 Å². The van der Waals surface area contributed by atoms with Gasteiger partial charge < -0.3 is 10.5 Å². The summed E-state index contributed by atoms with van der Waals surface area (Å²) in [7, 11) is -2.85. The second-order valence-electron chi connectivity index (χ2n) is 4.78. The summed E-state index contributed by atoms with van der Waals surface area (Å²) in [6.45, 7) is 2.90. The molecule has 4 nitrogen and oxygen atoms in total. The Kier molecular flexibility index (Phi) is 6.44. The topological polar surface area (TPSA) is 69.4 Å². The van der Waals surface area contributed by atoms with E-state index in [0.717, 1.165) is 12.8 Å². The molecule has 2 N–H and O–H groups in total. The predicted molar refractivity (Wildman–Crippen MR) is 69.7 cm³/mol. The molecule has 2 atom stereocenters. The fourth-order valence-electron chi connectivity index (χ4n) is 2.32. The second-order valence-corrected chi connectivity index (χ2v) is 7.25. The van der Waals surface area contributed by atoms with Crippen molar-refractivity contribution in [2.75, 3.05) is 24.7 Å². The largest absolute Gasteiger partial charge is 0.378 e. The second kappa shape index (κ2) is 7.34. The van der Waals surface area contributed by atoms with Crippen LogP contribution in [0, 0.1) is 5.92 Å². The van der Waals surface area contributed by atoms with Crippen LogP contribution in [0.3, 0.4) is 0 Å². The van der Waals surface area contributed by atoms with E-state index in [0.29, 0.717) is 25.5 Å². The zero-order valence-electron chi connectivity index (χ0n) is 10.7. The molecule has 0 bridgehead atoms. The fourth-order valence-corrected chi connectivity index (χ4v) is 3.17. The minimum absolute atomic E-state index is 0.224. The molecule has 0 radical (unpaired) electrons. The van der Waals surface area contributed by atoms with Crippen LogP contribution in [0.15, 0.2) is 0 Å². The van der Waals surface area contributed by atoms with Gasteiger partial charge in [-0.3, -0.25) is 0 Å². The molecule has 1 aliphatic rings. The molecule has 1 rings (SSSR count). The summed E-state index contributed by atoms with van der Waals surface area (Å²) >= 11 is 0. The van der Waals surface area contributed by atoms with E-state index in [1.54, 1.807) is 6.92 Å². The number of hydrogen-bond acceptors (Lipinski definition) is 4. The molecule has 0 spiro atoms. The van der Waals surface area contributed by atoms with E-state index in [9.17, 15) is 8.42 Å². The van der Waals surface area contributed by atoms with Gasteiger partial charge in [0.05, 0.1) is 11.9 Å². The van der Waals surface area contributed by atoms with Gasteiger partial charge in [0.25, 0.3) is 0 Å². The molecule has 0 aromatic carbocycles. The average Bonchev–Trinajstić information content (AvgIpc) is 2.35. The van der Waals surface area contributed by atoms with Gasteiger partial charge >= 0.3 is 0 Å². The van der Waals surface area contributed by atoms with Crippen LogP contribution < -0.4 is 5.73 Å². The first-order valence-corrected chi connectivity index (χ1v) is 8.43. The van der Waals surface area contributed by atoms with Crippen LogP contribution in [0.2, 0.25) is 0 Å². The molecular formula is C12H25NO3S. The third kappa shape index (κ3) is 5.36. The van der Waals surface area contributed by atoms with Crippen LogP contribution >= 0.6 is 0 Å². The van der Waals surface area contributed by atoms with E-state index in [1.807, 2.05) is 0 Å². The minimum Gasteiger partial charge on any atom is -0.378 e. The Balaban J connectivity index is 2.21. The van der Waals surface area contributed by atoms with E-state index in [-0.39, 0.29) is 17.6 Å². The summed E-state index contributed by atoms with van der Waals surface area (Å²) in [5, 5.41) is 0. The summed E-state index contributed by atoms with van der Waals surface area (Å²) in [6.07, 6.45) is 5.51. The molecule has 1 aliphatic carbocycles. The molecular weight excluding hydrogens is 238 g/mol. The van der Waals surface area contributed by atoms with Crippen LogP contribution in [-0.4, -0.2) is 39.2 Å². The Labute approximate surface area is 105 Å². The zero-order valence-corrected chi connectivity index (χ0v) is 11.5.